The van der Waals surface area contributed by atoms with E-state index >= 15 is 0 Å². The summed E-state index contributed by atoms with van der Waals surface area (Å²) in [6.07, 6.45) is 0. The molecule has 0 saturated carbocycles. The van der Waals surface area contributed by atoms with Gasteiger partial charge in [-0.3, -0.25) is 0 Å². The summed E-state index contributed by atoms with van der Waals surface area (Å²) >= 11 is 0. The maximum atomic E-state index is 9.13. The van der Waals surface area contributed by atoms with Crippen LogP contribution in [0.25, 0.3) is 0 Å². The van der Waals surface area contributed by atoms with Crippen LogP contribution >= 0.6 is 0 Å². The minimum absolute atomic E-state index is 0.436. The summed E-state index contributed by atoms with van der Waals surface area (Å²) in [4.78, 5) is 0. The van der Waals surface area contributed by atoms with Crippen LogP contribution in [0.1, 0.15) is 30.5 Å². The highest BCUT2D eigenvalue weighted by molar-refractivity contribution is 5.47. The van der Waals surface area contributed by atoms with Gasteiger partial charge in [-0.25, -0.2) is 0 Å². The van der Waals surface area contributed by atoms with E-state index in [1.165, 1.54) is 11.1 Å². The number of nitrogens with one attached hydrogen (secondary N) is 1. The molecule has 0 aliphatic carbocycles. The van der Waals surface area contributed by atoms with E-state index in [9.17, 15) is 0 Å². The molecule has 1 N–H and O–H groups in total. The van der Waals surface area contributed by atoms with Crippen molar-refractivity contribution < 1.29 is 0 Å². The third-order valence-electron chi connectivity index (χ3n) is 3.63. The Morgan fingerprint density at radius 2 is 1.70 bits per heavy atom. The first-order valence-corrected chi connectivity index (χ1v) is 6.83. The molecule has 0 radical (unpaired) electrons. The Morgan fingerprint density at radius 3 is 2.30 bits per heavy atom. The van der Waals surface area contributed by atoms with E-state index in [0.29, 0.717) is 0 Å². The molecule has 0 bridgehead atoms. The minimum atomic E-state index is -0.436. The van der Waals surface area contributed by atoms with Crippen LogP contribution in [0, 0.1) is 18.3 Å². The van der Waals surface area contributed by atoms with E-state index in [1.54, 1.807) is 0 Å². The van der Waals surface area contributed by atoms with Gasteiger partial charge in [-0.05, 0) is 49.6 Å². The average molecular weight is 264 g/mol. The third kappa shape index (κ3) is 3.19. The molecule has 0 aliphatic rings. The van der Waals surface area contributed by atoms with E-state index in [-0.39, 0.29) is 0 Å². The van der Waals surface area contributed by atoms with Gasteiger partial charge in [0.25, 0.3) is 0 Å². The second kappa shape index (κ2) is 5.79. The molecule has 0 heterocycles. The third-order valence-corrected chi connectivity index (χ3v) is 3.63. The van der Waals surface area contributed by atoms with Gasteiger partial charge in [-0.1, -0.05) is 36.4 Å². The Balaban J connectivity index is 2.06. The normalized spacial score (nSPS) is 10.9. The molecular weight excluding hydrogens is 244 g/mol. The highest BCUT2D eigenvalue weighted by Crippen LogP contribution is 2.23. The number of anilines is 1. The van der Waals surface area contributed by atoms with Gasteiger partial charge in [-0.15, -0.1) is 0 Å². The molecular formula is C18H20N2. The molecule has 0 atom stereocenters. The lowest BCUT2D eigenvalue weighted by molar-refractivity contribution is 0.687. The molecule has 0 spiro atoms. The SMILES string of the molecule is Cc1ccccc1CNc1ccc(C(C)(C)C#N)cc1. The largest absolute Gasteiger partial charge is 0.381 e. The molecule has 0 aromatic heterocycles. The maximum absolute atomic E-state index is 9.13. The second-order valence-electron chi connectivity index (χ2n) is 5.59. The lowest BCUT2D eigenvalue weighted by atomic mass is 9.86. The van der Waals surface area contributed by atoms with Gasteiger partial charge in [0.1, 0.15) is 0 Å². The Labute approximate surface area is 121 Å². The molecule has 0 unspecified atom stereocenters. The van der Waals surface area contributed by atoms with Crippen molar-refractivity contribution in [3.05, 3.63) is 65.2 Å². The molecule has 2 nitrogen and oxygen atoms in total. The van der Waals surface area contributed by atoms with Gasteiger partial charge >= 0.3 is 0 Å². The molecule has 0 amide bonds. The smallest absolute Gasteiger partial charge is 0.0766 e. The Hall–Kier alpha value is -2.27. The summed E-state index contributed by atoms with van der Waals surface area (Å²) in [5.74, 6) is 0. The number of nitrogens with zero attached hydrogens (tertiary/aromatic N) is 1. The van der Waals surface area contributed by atoms with Crippen LogP contribution in [0.15, 0.2) is 48.5 Å². The highest BCUT2D eigenvalue weighted by Gasteiger charge is 2.18. The first kappa shape index (κ1) is 14.1. The van der Waals surface area contributed by atoms with Gasteiger partial charge in [0, 0.05) is 12.2 Å². The fraction of sp³-hybridized carbons (Fsp3) is 0.278. The number of benzene rings is 2. The Bertz CT molecular complexity index is 619. The first-order chi connectivity index (χ1) is 9.53. The van der Waals surface area contributed by atoms with Gasteiger partial charge in [-0.2, -0.15) is 5.26 Å². The average Bonchev–Trinajstić information content (AvgIpc) is 2.47. The maximum Gasteiger partial charge on any atom is 0.0766 e. The molecule has 102 valence electrons. The molecule has 0 saturated heterocycles. The Kier molecular flexibility index (Phi) is 4.10. The van der Waals surface area contributed by atoms with Crippen LogP contribution in [0.3, 0.4) is 0 Å². The predicted molar refractivity (Wildman–Crippen MR) is 83.6 cm³/mol. The fourth-order valence-corrected chi connectivity index (χ4v) is 2.08. The zero-order chi connectivity index (χ0) is 14.6. The van der Waals surface area contributed by atoms with Gasteiger partial charge < -0.3 is 5.32 Å². The van der Waals surface area contributed by atoms with Crippen molar-refractivity contribution in [2.24, 2.45) is 0 Å². The molecule has 2 aromatic carbocycles. The van der Waals surface area contributed by atoms with Crippen LogP contribution in [0.2, 0.25) is 0 Å². The van der Waals surface area contributed by atoms with E-state index in [0.717, 1.165) is 17.8 Å². The van der Waals surface area contributed by atoms with Crippen LogP contribution in [-0.4, -0.2) is 0 Å². The van der Waals surface area contributed by atoms with Crippen molar-refractivity contribution >= 4 is 5.69 Å². The van der Waals surface area contributed by atoms with E-state index < -0.39 is 5.41 Å². The van der Waals surface area contributed by atoms with Crippen LogP contribution in [0.5, 0.6) is 0 Å². The van der Waals surface area contributed by atoms with Crippen molar-refractivity contribution in [1.29, 1.82) is 5.26 Å². The van der Waals surface area contributed by atoms with Crippen LogP contribution < -0.4 is 5.32 Å². The summed E-state index contributed by atoms with van der Waals surface area (Å²) < 4.78 is 0. The standard InChI is InChI=1S/C18H20N2/c1-14-6-4-5-7-15(14)12-20-17-10-8-16(9-11-17)18(2,3)13-19/h4-11,20H,12H2,1-3H3. The second-order valence-corrected chi connectivity index (χ2v) is 5.59. The van der Waals surface area contributed by atoms with Crippen LogP contribution in [0.4, 0.5) is 5.69 Å². The number of aryl methyl sites for hydroxylation is 1. The zero-order valence-corrected chi connectivity index (χ0v) is 12.3. The number of nitriles is 1. The van der Waals surface area contributed by atoms with Crippen molar-refractivity contribution in [3.8, 4) is 6.07 Å². The molecule has 20 heavy (non-hydrogen) atoms. The van der Waals surface area contributed by atoms with Gasteiger partial charge in [0.15, 0.2) is 0 Å². The predicted octanol–water partition coefficient (Wildman–Crippen LogP) is 4.41. The van der Waals surface area contributed by atoms with Crippen molar-refractivity contribution in [3.63, 3.8) is 0 Å². The zero-order valence-electron chi connectivity index (χ0n) is 12.3. The first-order valence-electron chi connectivity index (χ1n) is 6.83. The molecule has 2 aromatic rings. The number of hydrogen-bond donors (Lipinski definition) is 1. The van der Waals surface area contributed by atoms with E-state index in [1.807, 2.05) is 38.1 Å². The summed E-state index contributed by atoms with van der Waals surface area (Å²) in [5, 5.41) is 12.5. The van der Waals surface area contributed by atoms with Crippen molar-refractivity contribution in [2.45, 2.75) is 32.7 Å². The molecule has 2 heteroatoms. The van der Waals surface area contributed by atoms with Gasteiger partial charge in [0.05, 0.1) is 11.5 Å². The number of rotatable bonds is 4. The molecule has 0 aliphatic heterocycles. The summed E-state index contributed by atoms with van der Waals surface area (Å²) in [7, 11) is 0. The fourth-order valence-electron chi connectivity index (χ4n) is 2.08. The molecule has 2 rings (SSSR count). The summed E-state index contributed by atoms with van der Waals surface area (Å²) in [5.41, 5.74) is 4.28. The van der Waals surface area contributed by atoms with E-state index in [2.05, 4.69) is 42.6 Å². The van der Waals surface area contributed by atoms with E-state index in [4.69, 9.17) is 5.26 Å². The topological polar surface area (TPSA) is 35.8 Å². The molecule has 0 fully saturated rings. The quantitative estimate of drug-likeness (QED) is 0.888. The van der Waals surface area contributed by atoms with Crippen molar-refractivity contribution in [2.75, 3.05) is 5.32 Å². The van der Waals surface area contributed by atoms with Crippen LogP contribution in [-0.2, 0) is 12.0 Å². The highest BCUT2D eigenvalue weighted by atomic mass is 14.9. The summed E-state index contributed by atoms with van der Waals surface area (Å²) in [6.45, 7) is 6.80. The monoisotopic (exact) mass is 264 g/mol. The Morgan fingerprint density at radius 1 is 1.05 bits per heavy atom. The van der Waals surface area contributed by atoms with Gasteiger partial charge in [0.2, 0.25) is 0 Å². The minimum Gasteiger partial charge on any atom is -0.381 e. The lowest BCUT2D eigenvalue weighted by Gasteiger charge is -2.16. The number of hydrogen-bond acceptors (Lipinski definition) is 2. The van der Waals surface area contributed by atoms with Crippen molar-refractivity contribution in [1.82, 2.24) is 0 Å². The lowest BCUT2D eigenvalue weighted by Crippen LogP contribution is -2.13. The summed E-state index contributed by atoms with van der Waals surface area (Å²) in [6, 6.07) is 18.8.